The van der Waals surface area contributed by atoms with E-state index < -0.39 is 0 Å². The van der Waals surface area contributed by atoms with Gasteiger partial charge in [-0.1, -0.05) is 6.07 Å². The fourth-order valence-electron chi connectivity index (χ4n) is 2.70. The molecule has 8 nitrogen and oxygen atoms in total. The molecule has 8 heteroatoms. The number of ether oxygens (including phenoxy) is 3. The van der Waals surface area contributed by atoms with Crippen molar-refractivity contribution in [2.45, 2.75) is 6.54 Å². The molecule has 0 bridgehead atoms. The average Bonchev–Trinajstić information content (AvgIpc) is 2.67. The predicted octanol–water partition coefficient (Wildman–Crippen LogP) is 2.56. The summed E-state index contributed by atoms with van der Waals surface area (Å²) >= 11 is 0. The van der Waals surface area contributed by atoms with E-state index in [1.165, 1.54) is 6.33 Å². The molecule has 136 valence electrons. The van der Waals surface area contributed by atoms with Crippen molar-refractivity contribution < 1.29 is 19.3 Å². The summed E-state index contributed by atoms with van der Waals surface area (Å²) in [6.07, 6.45) is 1.45. The number of fused-ring (bicyclic) bond motifs is 1. The Bertz CT molecular complexity index is 946. The Morgan fingerprint density at radius 3 is 2.46 bits per heavy atom. The van der Waals surface area contributed by atoms with Crippen molar-refractivity contribution in [2.24, 2.45) is 0 Å². The van der Waals surface area contributed by atoms with Crippen LogP contribution in [0.3, 0.4) is 0 Å². The SMILES string of the molecule is COc1cc2c(NCc3ccc(O)c(N)c3)ncnc2c(OC)c1OC. The van der Waals surface area contributed by atoms with Gasteiger partial charge in [-0.25, -0.2) is 9.97 Å². The lowest BCUT2D eigenvalue weighted by atomic mass is 10.1. The second-order valence-corrected chi connectivity index (χ2v) is 5.51. The van der Waals surface area contributed by atoms with Crippen LogP contribution in [-0.2, 0) is 6.54 Å². The number of benzene rings is 2. The van der Waals surface area contributed by atoms with Gasteiger partial charge in [0.05, 0.1) is 32.4 Å². The molecule has 0 saturated heterocycles. The Kier molecular flexibility index (Phi) is 4.83. The third-order valence-corrected chi connectivity index (χ3v) is 3.98. The maximum Gasteiger partial charge on any atom is 0.205 e. The Labute approximate surface area is 150 Å². The lowest BCUT2D eigenvalue weighted by molar-refractivity contribution is 0.327. The van der Waals surface area contributed by atoms with E-state index in [-0.39, 0.29) is 5.75 Å². The monoisotopic (exact) mass is 356 g/mol. The summed E-state index contributed by atoms with van der Waals surface area (Å²) < 4.78 is 16.3. The molecule has 0 aliphatic carbocycles. The Morgan fingerprint density at radius 2 is 1.81 bits per heavy atom. The summed E-state index contributed by atoms with van der Waals surface area (Å²) in [4.78, 5) is 8.63. The molecule has 0 radical (unpaired) electrons. The molecule has 0 spiro atoms. The molecule has 0 saturated carbocycles. The first-order valence-electron chi connectivity index (χ1n) is 7.84. The zero-order valence-electron chi connectivity index (χ0n) is 14.7. The highest BCUT2D eigenvalue weighted by molar-refractivity contribution is 5.96. The van der Waals surface area contributed by atoms with Crippen LogP contribution in [0.1, 0.15) is 5.56 Å². The van der Waals surface area contributed by atoms with E-state index in [1.807, 2.05) is 0 Å². The topological polar surface area (TPSA) is 112 Å². The van der Waals surface area contributed by atoms with Crippen LogP contribution in [0.5, 0.6) is 23.0 Å². The first-order chi connectivity index (χ1) is 12.6. The minimum Gasteiger partial charge on any atom is -0.506 e. The van der Waals surface area contributed by atoms with Gasteiger partial charge >= 0.3 is 0 Å². The van der Waals surface area contributed by atoms with E-state index in [1.54, 1.807) is 45.6 Å². The highest BCUT2D eigenvalue weighted by Gasteiger charge is 2.19. The molecule has 2 aromatic carbocycles. The van der Waals surface area contributed by atoms with E-state index in [2.05, 4.69) is 15.3 Å². The van der Waals surface area contributed by atoms with E-state index in [4.69, 9.17) is 19.9 Å². The van der Waals surface area contributed by atoms with E-state index >= 15 is 0 Å². The van der Waals surface area contributed by atoms with Gasteiger partial charge in [-0.2, -0.15) is 0 Å². The van der Waals surface area contributed by atoms with E-state index in [0.717, 1.165) is 10.9 Å². The predicted molar refractivity (Wildman–Crippen MR) is 99.0 cm³/mol. The van der Waals surface area contributed by atoms with E-state index in [0.29, 0.717) is 40.8 Å². The standard InChI is InChI=1S/C18H20N4O4/c1-24-14-7-11-15(17(26-3)16(14)25-2)21-9-22-18(11)20-8-10-4-5-13(23)12(19)6-10/h4-7,9,23H,8,19H2,1-3H3,(H,20,21,22). The molecule has 0 aliphatic rings. The summed E-state index contributed by atoms with van der Waals surface area (Å²) in [7, 11) is 4.65. The second-order valence-electron chi connectivity index (χ2n) is 5.51. The Balaban J connectivity index is 2.02. The number of anilines is 2. The highest BCUT2D eigenvalue weighted by Crippen LogP contribution is 2.43. The fraction of sp³-hybridized carbons (Fsp3) is 0.222. The molecule has 0 aliphatic heterocycles. The zero-order valence-corrected chi connectivity index (χ0v) is 14.7. The number of nitrogen functional groups attached to an aromatic ring is 1. The van der Waals surface area contributed by atoms with Crippen molar-refractivity contribution in [1.29, 1.82) is 0 Å². The first-order valence-corrected chi connectivity index (χ1v) is 7.84. The van der Waals surface area contributed by atoms with Crippen LogP contribution in [-0.4, -0.2) is 36.4 Å². The molecular formula is C18H20N4O4. The van der Waals surface area contributed by atoms with Crippen LogP contribution in [0.4, 0.5) is 11.5 Å². The van der Waals surface area contributed by atoms with Crippen LogP contribution >= 0.6 is 0 Å². The Morgan fingerprint density at radius 1 is 1.04 bits per heavy atom. The molecule has 3 rings (SSSR count). The molecule has 0 fully saturated rings. The van der Waals surface area contributed by atoms with Gasteiger partial charge < -0.3 is 30.4 Å². The number of methoxy groups -OCH3 is 3. The first kappa shape index (κ1) is 17.4. The molecule has 26 heavy (non-hydrogen) atoms. The van der Waals surface area contributed by atoms with Gasteiger partial charge in [0.25, 0.3) is 0 Å². The van der Waals surface area contributed by atoms with Crippen LogP contribution in [0.2, 0.25) is 0 Å². The van der Waals surface area contributed by atoms with Gasteiger partial charge in [-0.05, 0) is 23.8 Å². The summed E-state index contributed by atoms with van der Waals surface area (Å²) in [5.41, 5.74) is 7.57. The van der Waals surface area contributed by atoms with Crippen LogP contribution < -0.4 is 25.3 Å². The Hall–Kier alpha value is -3.42. The number of aromatic hydroxyl groups is 1. The maximum absolute atomic E-state index is 9.53. The number of hydrogen-bond donors (Lipinski definition) is 3. The van der Waals surface area contributed by atoms with Crippen LogP contribution in [0.15, 0.2) is 30.6 Å². The number of nitrogens with one attached hydrogen (secondary N) is 1. The van der Waals surface area contributed by atoms with E-state index in [9.17, 15) is 5.11 Å². The van der Waals surface area contributed by atoms with Crippen molar-refractivity contribution in [1.82, 2.24) is 9.97 Å². The number of nitrogens with two attached hydrogens (primary N) is 1. The van der Waals surface area contributed by atoms with Crippen LogP contribution in [0.25, 0.3) is 10.9 Å². The van der Waals surface area contributed by atoms with Crippen molar-refractivity contribution >= 4 is 22.4 Å². The molecular weight excluding hydrogens is 336 g/mol. The molecule has 1 heterocycles. The van der Waals surface area contributed by atoms with Gasteiger partial charge in [0.15, 0.2) is 11.5 Å². The number of hydrogen-bond acceptors (Lipinski definition) is 8. The van der Waals surface area contributed by atoms with Gasteiger partial charge in [0.1, 0.15) is 23.4 Å². The minimum atomic E-state index is 0.0582. The van der Waals surface area contributed by atoms with Crippen molar-refractivity contribution in [3.63, 3.8) is 0 Å². The maximum atomic E-state index is 9.53. The smallest absolute Gasteiger partial charge is 0.205 e. The van der Waals surface area contributed by atoms with Gasteiger partial charge in [-0.15, -0.1) is 0 Å². The lowest BCUT2D eigenvalue weighted by Crippen LogP contribution is -2.04. The molecule has 0 amide bonds. The summed E-state index contributed by atoms with van der Waals surface area (Å²) in [6, 6.07) is 6.84. The van der Waals surface area contributed by atoms with Crippen molar-refractivity contribution in [3.05, 3.63) is 36.2 Å². The third kappa shape index (κ3) is 3.08. The minimum absolute atomic E-state index is 0.0582. The summed E-state index contributed by atoms with van der Waals surface area (Å²) in [6.45, 7) is 0.466. The average molecular weight is 356 g/mol. The summed E-state index contributed by atoms with van der Waals surface area (Å²) in [5, 5.41) is 13.5. The molecule has 0 atom stereocenters. The summed E-state index contributed by atoms with van der Waals surface area (Å²) in [5.74, 6) is 2.13. The van der Waals surface area contributed by atoms with Gasteiger partial charge in [0.2, 0.25) is 5.75 Å². The normalized spacial score (nSPS) is 10.6. The zero-order chi connectivity index (χ0) is 18.7. The lowest BCUT2D eigenvalue weighted by Gasteiger charge is -2.16. The number of aromatic nitrogens is 2. The van der Waals surface area contributed by atoms with Crippen molar-refractivity contribution in [2.75, 3.05) is 32.4 Å². The molecule has 4 N–H and O–H groups in total. The van der Waals surface area contributed by atoms with Crippen LogP contribution in [0, 0.1) is 0 Å². The van der Waals surface area contributed by atoms with Gasteiger partial charge in [-0.3, -0.25) is 0 Å². The fourth-order valence-corrected chi connectivity index (χ4v) is 2.70. The number of phenolic OH excluding ortho intramolecular Hbond substituents is 1. The third-order valence-electron chi connectivity index (χ3n) is 3.98. The molecule has 3 aromatic rings. The largest absolute Gasteiger partial charge is 0.506 e. The number of rotatable bonds is 6. The number of phenols is 1. The van der Waals surface area contributed by atoms with Crippen molar-refractivity contribution in [3.8, 4) is 23.0 Å². The molecule has 1 aromatic heterocycles. The highest BCUT2D eigenvalue weighted by atomic mass is 16.5. The molecule has 0 unspecified atom stereocenters. The number of nitrogens with zero attached hydrogens (tertiary/aromatic N) is 2. The second kappa shape index (κ2) is 7.22. The quantitative estimate of drug-likeness (QED) is 0.456. The van der Waals surface area contributed by atoms with Gasteiger partial charge in [0, 0.05) is 6.54 Å².